The van der Waals surface area contributed by atoms with Crippen LogP contribution in [0.15, 0.2) is 51.4 Å². The summed E-state index contributed by atoms with van der Waals surface area (Å²) < 4.78 is 7.02. The first kappa shape index (κ1) is 18.5. The maximum Gasteiger partial charge on any atom is 0.276 e. The van der Waals surface area contributed by atoms with Crippen LogP contribution in [0.4, 0.5) is 0 Å². The highest BCUT2D eigenvalue weighted by Crippen LogP contribution is 2.27. The molecule has 0 aliphatic heterocycles. The van der Waals surface area contributed by atoms with Gasteiger partial charge in [0.25, 0.3) is 5.91 Å². The summed E-state index contributed by atoms with van der Waals surface area (Å²) in [5.41, 5.74) is 6.66. The fourth-order valence-corrected chi connectivity index (χ4v) is 3.10. The molecule has 0 fully saturated rings. The summed E-state index contributed by atoms with van der Waals surface area (Å²) >= 11 is 6.68. The predicted molar refractivity (Wildman–Crippen MR) is 98.5 cm³/mol. The van der Waals surface area contributed by atoms with Crippen molar-refractivity contribution < 1.29 is 14.3 Å². The van der Waals surface area contributed by atoms with E-state index in [1.165, 1.54) is 0 Å². The van der Waals surface area contributed by atoms with Crippen LogP contribution in [0.2, 0.25) is 0 Å². The first-order valence-corrected chi connectivity index (χ1v) is 8.74. The van der Waals surface area contributed by atoms with Crippen LogP contribution in [0.25, 0.3) is 0 Å². The van der Waals surface area contributed by atoms with Crippen molar-refractivity contribution in [3.05, 3.63) is 62.5 Å². The van der Waals surface area contributed by atoms with E-state index in [0.717, 1.165) is 20.1 Å². The average molecular weight is 456 g/mol. The molecule has 2 N–H and O–H groups in total. The zero-order chi connectivity index (χ0) is 17.5. The van der Waals surface area contributed by atoms with E-state index in [4.69, 9.17) is 4.74 Å². The number of rotatable bonds is 5. The highest BCUT2D eigenvalue weighted by Gasteiger charge is 2.09. The third-order valence-corrected chi connectivity index (χ3v) is 4.32. The van der Waals surface area contributed by atoms with Crippen LogP contribution in [0.3, 0.4) is 0 Å². The molecular weight excluding hydrogens is 440 g/mol. The van der Waals surface area contributed by atoms with Gasteiger partial charge in [-0.05, 0) is 52.2 Å². The topological polar surface area (TPSA) is 67.4 Å². The molecular formula is C17H16Br2N2O3. The van der Waals surface area contributed by atoms with Crippen LogP contribution in [0.5, 0.6) is 5.75 Å². The van der Waals surface area contributed by atoms with Gasteiger partial charge in [-0.3, -0.25) is 20.4 Å². The van der Waals surface area contributed by atoms with Crippen LogP contribution in [-0.4, -0.2) is 18.4 Å². The first-order valence-electron chi connectivity index (χ1n) is 7.16. The molecule has 24 heavy (non-hydrogen) atoms. The number of halogens is 2. The molecule has 0 radical (unpaired) electrons. The lowest BCUT2D eigenvalue weighted by Gasteiger charge is -2.10. The van der Waals surface area contributed by atoms with Gasteiger partial charge in [0.1, 0.15) is 5.75 Å². The maximum absolute atomic E-state index is 11.9. The lowest BCUT2D eigenvalue weighted by Crippen LogP contribution is -2.44. The summed E-state index contributed by atoms with van der Waals surface area (Å²) in [7, 11) is 0. The molecule has 0 spiro atoms. The van der Waals surface area contributed by atoms with Gasteiger partial charge in [0.05, 0.1) is 10.9 Å². The summed E-state index contributed by atoms with van der Waals surface area (Å²) in [4.78, 5) is 23.6. The van der Waals surface area contributed by atoms with Gasteiger partial charge in [-0.2, -0.15) is 0 Å². The highest BCUT2D eigenvalue weighted by atomic mass is 79.9. The molecule has 0 bridgehead atoms. The standard InChI is InChI=1S/C17H16Br2N2O3/c1-11-4-2-3-5-12(11)8-16(22)20-21-17(23)10-24-15-7-6-13(18)9-14(15)19/h2-7,9H,8,10H2,1H3,(H,20,22)(H,21,23). The zero-order valence-corrected chi connectivity index (χ0v) is 16.1. The van der Waals surface area contributed by atoms with Gasteiger partial charge >= 0.3 is 0 Å². The van der Waals surface area contributed by atoms with E-state index < -0.39 is 5.91 Å². The van der Waals surface area contributed by atoms with Crippen molar-refractivity contribution in [3.63, 3.8) is 0 Å². The second-order valence-electron chi connectivity index (χ2n) is 5.06. The lowest BCUT2D eigenvalue weighted by atomic mass is 10.1. The summed E-state index contributed by atoms with van der Waals surface area (Å²) in [6.45, 7) is 1.73. The molecule has 0 unspecified atom stereocenters. The van der Waals surface area contributed by atoms with Crippen LogP contribution in [0, 0.1) is 6.92 Å². The number of benzene rings is 2. The molecule has 0 saturated carbocycles. The molecule has 0 heterocycles. The Kier molecular flexibility index (Phi) is 6.81. The molecule has 2 rings (SSSR count). The van der Waals surface area contributed by atoms with Crippen LogP contribution in [0.1, 0.15) is 11.1 Å². The van der Waals surface area contributed by atoms with Gasteiger partial charge in [-0.25, -0.2) is 0 Å². The Morgan fingerprint density at radius 2 is 1.75 bits per heavy atom. The number of hydrazine groups is 1. The van der Waals surface area contributed by atoms with Gasteiger partial charge in [0.15, 0.2) is 6.61 Å². The molecule has 0 saturated heterocycles. The number of ether oxygens (including phenoxy) is 1. The fourth-order valence-electron chi connectivity index (χ4n) is 1.94. The largest absolute Gasteiger partial charge is 0.483 e. The van der Waals surface area contributed by atoms with E-state index >= 15 is 0 Å². The Bertz CT molecular complexity index is 750. The average Bonchev–Trinajstić information content (AvgIpc) is 2.54. The van der Waals surface area contributed by atoms with Crippen molar-refractivity contribution in [2.24, 2.45) is 0 Å². The van der Waals surface area contributed by atoms with Gasteiger partial charge < -0.3 is 4.74 Å². The number of carbonyl (C=O) groups excluding carboxylic acids is 2. The van der Waals surface area contributed by atoms with Crippen molar-refractivity contribution in [2.75, 3.05) is 6.61 Å². The second kappa shape index (κ2) is 8.84. The molecule has 0 aliphatic rings. The van der Waals surface area contributed by atoms with Gasteiger partial charge in [-0.1, -0.05) is 40.2 Å². The zero-order valence-electron chi connectivity index (χ0n) is 12.9. The second-order valence-corrected chi connectivity index (χ2v) is 6.83. The monoisotopic (exact) mass is 454 g/mol. The van der Waals surface area contributed by atoms with Crippen molar-refractivity contribution in [2.45, 2.75) is 13.3 Å². The molecule has 2 amide bonds. The minimum absolute atomic E-state index is 0.200. The lowest BCUT2D eigenvalue weighted by molar-refractivity contribution is -0.129. The summed E-state index contributed by atoms with van der Waals surface area (Å²) in [6, 6.07) is 13.0. The maximum atomic E-state index is 11.9. The highest BCUT2D eigenvalue weighted by molar-refractivity contribution is 9.11. The van der Waals surface area contributed by atoms with E-state index in [-0.39, 0.29) is 18.9 Å². The molecule has 5 nitrogen and oxygen atoms in total. The van der Waals surface area contributed by atoms with E-state index in [0.29, 0.717) is 5.75 Å². The van der Waals surface area contributed by atoms with Gasteiger partial charge in [0, 0.05) is 4.47 Å². The number of nitrogens with one attached hydrogen (secondary N) is 2. The van der Waals surface area contributed by atoms with Crippen molar-refractivity contribution in [1.82, 2.24) is 10.9 Å². The fraction of sp³-hybridized carbons (Fsp3) is 0.176. The quantitative estimate of drug-likeness (QED) is 0.679. The SMILES string of the molecule is Cc1ccccc1CC(=O)NNC(=O)COc1ccc(Br)cc1Br. The van der Waals surface area contributed by atoms with Crippen LogP contribution in [-0.2, 0) is 16.0 Å². The van der Waals surface area contributed by atoms with Gasteiger partial charge in [-0.15, -0.1) is 0 Å². The smallest absolute Gasteiger partial charge is 0.276 e. The molecule has 0 atom stereocenters. The first-order chi connectivity index (χ1) is 11.5. The molecule has 126 valence electrons. The number of hydrogen-bond donors (Lipinski definition) is 2. The predicted octanol–water partition coefficient (Wildman–Crippen LogP) is 3.29. The Morgan fingerprint density at radius 1 is 1.04 bits per heavy atom. The minimum Gasteiger partial charge on any atom is -0.483 e. The van der Waals surface area contributed by atoms with Crippen LogP contribution >= 0.6 is 31.9 Å². The third-order valence-electron chi connectivity index (χ3n) is 3.21. The number of amides is 2. The van der Waals surface area contributed by atoms with Crippen molar-refractivity contribution in [1.29, 1.82) is 0 Å². The minimum atomic E-state index is -0.442. The Morgan fingerprint density at radius 3 is 2.46 bits per heavy atom. The van der Waals surface area contributed by atoms with E-state index in [1.807, 2.05) is 43.3 Å². The normalized spacial score (nSPS) is 10.1. The number of carbonyl (C=O) groups is 2. The molecule has 0 aromatic heterocycles. The Balaban J connectivity index is 1.76. The van der Waals surface area contributed by atoms with E-state index in [2.05, 4.69) is 42.7 Å². The number of hydrogen-bond acceptors (Lipinski definition) is 3. The third kappa shape index (κ3) is 5.65. The van der Waals surface area contributed by atoms with E-state index in [9.17, 15) is 9.59 Å². The van der Waals surface area contributed by atoms with E-state index in [1.54, 1.807) is 6.07 Å². The number of aryl methyl sites for hydroxylation is 1. The van der Waals surface area contributed by atoms with Crippen molar-refractivity contribution in [3.8, 4) is 5.75 Å². The van der Waals surface area contributed by atoms with Crippen LogP contribution < -0.4 is 15.6 Å². The summed E-state index contributed by atoms with van der Waals surface area (Å²) in [5, 5.41) is 0. The molecule has 0 aliphatic carbocycles. The Labute approximate surface area is 157 Å². The summed E-state index contributed by atoms with van der Waals surface area (Å²) in [6.07, 6.45) is 0.200. The van der Waals surface area contributed by atoms with Gasteiger partial charge in [0.2, 0.25) is 5.91 Å². The molecule has 2 aromatic carbocycles. The molecule has 2 aromatic rings. The Hall–Kier alpha value is -1.86. The van der Waals surface area contributed by atoms with Crippen molar-refractivity contribution >= 4 is 43.7 Å². The molecule has 7 heteroatoms. The summed E-state index contributed by atoms with van der Waals surface area (Å²) in [5.74, 6) is -0.190.